The summed E-state index contributed by atoms with van der Waals surface area (Å²) >= 11 is 0. The molecule has 1 amide bonds. The Morgan fingerprint density at radius 2 is 1.85 bits per heavy atom. The number of carbonyl (C=O) groups is 1. The molecule has 2 aromatic carbocycles. The third-order valence-electron chi connectivity index (χ3n) is 7.57. The zero-order valence-corrected chi connectivity index (χ0v) is 20.9. The van der Waals surface area contributed by atoms with Crippen molar-refractivity contribution in [1.29, 1.82) is 0 Å². The van der Waals surface area contributed by atoms with Crippen molar-refractivity contribution in [3.05, 3.63) is 58.7 Å². The van der Waals surface area contributed by atoms with Crippen molar-refractivity contribution in [2.24, 2.45) is 17.6 Å². The van der Waals surface area contributed by atoms with Crippen LogP contribution in [0.2, 0.25) is 0 Å². The second-order valence-corrected chi connectivity index (χ2v) is 11.5. The van der Waals surface area contributed by atoms with E-state index in [0.29, 0.717) is 23.1 Å². The molecule has 7 nitrogen and oxygen atoms in total. The smallest absolute Gasteiger partial charge is 0.248 e. The Morgan fingerprint density at radius 3 is 2.56 bits per heavy atom. The number of hydrogen-bond donors (Lipinski definition) is 3. The Hall–Kier alpha value is -2.29. The lowest BCUT2D eigenvalue weighted by molar-refractivity contribution is -0.0578. The van der Waals surface area contributed by atoms with Crippen LogP contribution in [0.5, 0.6) is 5.75 Å². The van der Waals surface area contributed by atoms with Crippen molar-refractivity contribution in [2.75, 3.05) is 24.1 Å². The van der Waals surface area contributed by atoms with E-state index in [1.165, 1.54) is 17.4 Å². The van der Waals surface area contributed by atoms with Crippen LogP contribution in [0.3, 0.4) is 0 Å². The third kappa shape index (κ3) is 4.90. The van der Waals surface area contributed by atoms with Gasteiger partial charge in [-0.05, 0) is 105 Å². The van der Waals surface area contributed by atoms with Gasteiger partial charge in [0.2, 0.25) is 15.9 Å². The number of benzene rings is 2. The van der Waals surface area contributed by atoms with Crippen LogP contribution in [0.15, 0.2) is 36.4 Å². The first kappa shape index (κ1) is 24.8. The number of nitrogens with two attached hydrogens (primary N) is 1. The summed E-state index contributed by atoms with van der Waals surface area (Å²) < 4.78 is 32.8. The zero-order valence-electron chi connectivity index (χ0n) is 19.3. The number of hydrogen-bond acceptors (Lipinski definition) is 5. The van der Waals surface area contributed by atoms with Crippen molar-refractivity contribution in [2.45, 2.75) is 44.1 Å². The summed E-state index contributed by atoms with van der Waals surface area (Å²) in [5, 5.41) is 3.47. The average molecular weight is 506 g/mol. The van der Waals surface area contributed by atoms with Crippen LogP contribution >= 0.6 is 12.4 Å². The highest BCUT2D eigenvalue weighted by molar-refractivity contribution is 7.92. The van der Waals surface area contributed by atoms with Crippen molar-refractivity contribution < 1.29 is 17.9 Å². The minimum Gasteiger partial charge on any atom is -0.487 e. The molecule has 0 bridgehead atoms. The molecule has 2 heterocycles. The van der Waals surface area contributed by atoms with E-state index in [-0.39, 0.29) is 23.9 Å². The molecular formula is C25H32ClN3O4S. The van der Waals surface area contributed by atoms with Gasteiger partial charge in [0.1, 0.15) is 11.4 Å². The number of nitrogens with one attached hydrogen (secondary N) is 2. The standard InChI is InChI=1S/C25H31N3O4S.ClH/c1-33(30,31)28-21-6-7-23-20(14-21)15-22(25(32-23)8-10-27-11-9-25)18-4-2-17-13-19(24(26)29)5-3-16(17)12-18;/h3,5-7,13-14,18,22,27-28H,2,4,8-12,15H2,1H3,(H2,26,29);1H/t18?,22-;/m1./s1. The fourth-order valence-electron chi connectivity index (χ4n) is 6.03. The summed E-state index contributed by atoms with van der Waals surface area (Å²) in [6.07, 6.45) is 6.87. The molecule has 0 saturated carbocycles. The molecule has 34 heavy (non-hydrogen) atoms. The van der Waals surface area contributed by atoms with Gasteiger partial charge in [-0.2, -0.15) is 0 Å². The molecule has 9 heteroatoms. The Kier molecular flexibility index (Phi) is 6.86. The molecule has 2 aliphatic heterocycles. The van der Waals surface area contributed by atoms with Crippen LogP contribution < -0.4 is 20.5 Å². The molecule has 4 N–H and O–H groups in total. The molecular weight excluding hydrogens is 474 g/mol. The second-order valence-electron chi connectivity index (χ2n) is 9.77. The number of amides is 1. The van der Waals surface area contributed by atoms with Gasteiger partial charge in [-0.1, -0.05) is 6.07 Å². The number of aryl methyl sites for hydroxylation is 1. The van der Waals surface area contributed by atoms with Gasteiger partial charge in [0.25, 0.3) is 0 Å². The molecule has 1 unspecified atom stereocenters. The summed E-state index contributed by atoms with van der Waals surface area (Å²) in [6.45, 7) is 1.87. The summed E-state index contributed by atoms with van der Waals surface area (Å²) in [5.41, 5.74) is 9.99. The predicted octanol–water partition coefficient (Wildman–Crippen LogP) is 3.06. The van der Waals surface area contributed by atoms with Crippen LogP contribution in [-0.4, -0.2) is 39.3 Å². The molecule has 184 valence electrons. The SMILES string of the molecule is CS(=O)(=O)Nc1ccc2c(c1)C[C@H](C1CCc3cc(C(N)=O)ccc3C1)C1(CCNCC1)O2.Cl. The largest absolute Gasteiger partial charge is 0.487 e. The van der Waals surface area contributed by atoms with E-state index >= 15 is 0 Å². The van der Waals surface area contributed by atoms with Gasteiger partial charge in [-0.3, -0.25) is 9.52 Å². The minimum absolute atomic E-state index is 0. The highest BCUT2D eigenvalue weighted by atomic mass is 35.5. The Labute approximate surface area is 207 Å². The number of halogens is 1. The number of carbonyl (C=O) groups excluding carboxylic acids is 1. The van der Waals surface area contributed by atoms with Crippen molar-refractivity contribution in [3.8, 4) is 5.75 Å². The number of anilines is 1. The minimum atomic E-state index is -3.34. The Morgan fingerprint density at radius 1 is 1.09 bits per heavy atom. The maximum Gasteiger partial charge on any atom is 0.248 e. The molecule has 1 aliphatic carbocycles. The number of primary amides is 1. The van der Waals surface area contributed by atoms with E-state index in [0.717, 1.165) is 62.9 Å². The molecule has 1 fully saturated rings. The topological polar surface area (TPSA) is 111 Å². The lowest BCUT2D eigenvalue weighted by atomic mass is 9.64. The van der Waals surface area contributed by atoms with Gasteiger partial charge in [-0.25, -0.2) is 8.42 Å². The normalized spacial score (nSPS) is 23.1. The van der Waals surface area contributed by atoms with E-state index < -0.39 is 10.0 Å². The fourth-order valence-corrected chi connectivity index (χ4v) is 6.59. The highest BCUT2D eigenvalue weighted by Gasteiger charge is 2.49. The van der Waals surface area contributed by atoms with Crippen LogP contribution in [-0.2, 0) is 29.3 Å². The van der Waals surface area contributed by atoms with Crippen molar-refractivity contribution >= 4 is 34.0 Å². The molecule has 0 radical (unpaired) electrons. The highest BCUT2D eigenvalue weighted by Crippen LogP contribution is 2.48. The van der Waals surface area contributed by atoms with Gasteiger partial charge in [0, 0.05) is 17.2 Å². The summed E-state index contributed by atoms with van der Waals surface area (Å²) in [4.78, 5) is 11.6. The third-order valence-corrected chi connectivity index (χ3v) is 8.18. The average Bonchev–Trinajstić information content (AvgIpc) is 2.77. The van der Waals surface area contributed by atoms with Gasteiger partial charge in [0.15, 0.2) is 0 Å². The van der Waals surface area contributed by atoms with Gasteiger partial charge < -0.3 is 15.8 Å². The van der Waals surface area contributed by atoms with Crippen molar-refractivity contribution in [1.82, 2.24) is 5.32 Å². The number of rotatable bonds is 4. The quantitative estimate of drug-likeness (QED) is 0.591. The maximum absolute atomic E-state index is 11.7. The van der Waals surface area contributed by atoms with E-state index in [1.54, 1.807) is 6.07 Å². The van der Waals surface area contributed by atoms with Crippen molar-refractivity contribution in [3.63, 3.8) is 0 Å². The predicted molar refractivity (Wildman–Crippen MR) is 135 cm³/mol. The van der Waals surface area contributed by atoms with E-state index in [1.807, 2.05) is 24.3 Å². The zero-order chi connectivity index (χ0) is 23.2. The first-order valence-electron chi connectivity index (χ1n) is 11.6. The summed E-state index contributed by atoms with van der Waals surface area (Å²) in [6, 6.07) is 11.5. The number of piperidine rings is 1. The van der Waals surface area contributed by atoms with E-state index in [9.17, 15) is 13.2 Å². The molecule has 0 aromatic heterocycles. The maximum atomic E-state index is 11.7. The van der Waals surface area contributed by atoms with Gasteiger partial charge in [0.05, 0.1) is 6.26 Å². The fraction of sp³-hybridized carbons (Fsp3) is 0.480. The molecule has 5 rings (SSSR count). The lowest BCUT2D eigenvalue weighted by Crippen LogP contribution is -2.56. The van der Waals surface area contributed by atoms with Crippen LogP contribution in [0.4, 0.5) is 5.69 Å². The first-order valence-corrected chi connectivity index (χ1v) is 13.5. The molecule has 1 spiro atoms. The molecule has 2 aromatic rings. The van der Waals surface area contributed by atoms with E-state index in [2.05, 4.69) is 16.1 Å². The summed E-state index contributed by atoms with van der Waals surface area (Å²) in [5.74, 6) is 1.28. The Bertz CT molecular complexity index is 1190. The molecule has 2 atom stereocenters. The molecule has 1 saturated heterocycles. The van der Waals surface area contributed by atoms with Crippen LogP contribution in [0, 0.1) is 11.8 Å². The summed E-state index contributed by atoms with van der Waals surface area (Å²) in [7, 11) is -3.34. The number of sulfonamides is 1. The van der Waals surface area contributed by atoms with Crippen LogP contribution in [0.25, 0.3) is 0 Å². The second kappa shape index (κ2) is 9.40. The lowest BCUT2D eigenvalue weighted by Gasteiger charge is -2.51. The Balaban J connectivity index is 0.00000274. The van der Waals surface area contributed by atoms with Crippen LogP contribution in [0.1, 0.15) is 46.3 Å². The van der Waals surface area contributed by atoms with Gasteiger partial charge in [-0.15, -0.1) is 12.4 Å². The van der Waals surface area contributed by atoms with Gasteiger partial charge >= 0.3 is 0 Å². The monoisotopic (exact) mass is 505 g/mol. The number of ether oxygens (including phenoxy) is 1. The van der Waals surface area contributed by atoms with E-state index in [4.69, 9.17) is 10.5 Å². The number of fused-ring (bicyclic) bond motifs is 2. The first-order chi connectivity index (χ1) is 15.7. The molecule has 3 aliphatic rings.